The van der Waals surface area contributed by atoms with Crippen molar-refractivity contribution in [2.45, 2.75) is 58.5 Å². The van der Waals surface area contributed by atoms with Crippen LogP contribution in [0.1, 0.15) is 58.4 Å². The Kier molecular flexibility index (Phi) is 8.35. The van der Waals surface area contributed by atoms with Crippen molar-refractivity contribution in [1.29, 1.82) is 0 Å². The van der Waals surface area contributed by atoms with E-state index in [-0.39, 0.29) is 5.60 Å². The lowest BCUT2D eigenvalue weighted by Gasteiger charge is -2.46. The minimum atomic E-state index is -0.0283. The minimum Gasteiger partial charge on any atom is -0.497 e. The number of benzene rings is 1. The molecule has 1 aromatic rings. The number of ether oxygens (including phenoxy) is 2. The molecule has 160 valence electrons. The molecular formula is C24H42N2O2. The van der Waals surface area contributed by atoms with E-state index in [0.29, 0.717) is 17.3 Å². The largest absolute Gasteiger partial charge is 0.497 e. The Morgan fingerprint density at radius 3 is 2.39 bits per heavy atom. The summed E-state index contributed by atoms with van der Waals surface area (Å²) >= 11 is 0. The summed E-state index contributed by atoms with van der Waals surface area (Å²) in [5.41, 5.74) is 1.67. The Labute approximate surface area is 173 Å². The van der Waals surface area contributed by atoms with E-state index in [1.54, 1.807) is 7.11 Å². The van der Waals surface area contributed by atoms with Gasteiger partial charge in [-0.15, -0.1) is 0 Å². The maximum atomic E-state index is 6.00. The second-order valence-corrected chi connectivity index (χ2v) is 9.86. The van der Waals surface area contributed by atoms with Gasteiger partial charge in [-0.1, -0.05) is 26.0 Å². The average molecular weight is 391 g/mol. The monoisotopic (exact) mass is 390 g/mol. The molecule has 1 heterocycles. The summed E-state index contributed by atoms with van der Waals surface area (Å²) in [4.78, 5) is 2.33. The molecule has 0 radical (unpaired) electrons. The van der Waals surface area contributed by atoms with Crippen LogP contribution in [0.4, 0.5) is 0 Å². The van der Waals surface area contributed by atoms with Gasteiger partial charge in [0.1, 0.15) is 5.75 Å². The molecular weight excluding hydrogens is 348 g/mol. The summed E-state index contributed by atoms with van der Waals surface area (Å²) in [7, 11) is 6.09. The normalized spacial score (nSPS) is 23.2. The highest BCUT2D eigenvalue weighted by atomic mass is 16.5. The number of hydrogen-bond acceptors (Lipinski definition) is 4. The third-order valence-corrected chi connectivity index (χ3v) is 6.06. The van der Waals surface area contributed by atoms with Crippen LogP contribution in [0.15, 0.2) is 24.3 Å². The fraction of sp³-hybridized carbons (Fsp3) is 0.750. The molecule has 1 saturated heterocycles. The van der Waals surface area contributed by atoms with Crippen molar-refractivity contribution in [3.8, 4) is 5.75 Å². The molecule has 1 aliphatic heterocycles. The number of hydrogen-bond donors (Lipinski definition) is 1. The smallest absolute Gasteiger partial charge is 0.118 e. The molecule has 1 N–H and O–H groups in total. The van der Waals surface area contributed by atoms with E-state index in [4.69, 9.17) is 9.47 Å². The predicted molar refractivity (Wildman–Crippen MR) is 118 cm³/mol. The highest BCUT2D eigenvalue weighted by Gasteiger charge is 2.40. The Bertz CT molecular complexity index is 583. The van der Waals surface area contributed by atoms with Gasteiger partial charge in [0.2, 0.25) is 0 Å². The molecule has 2 atom stereocenters. The van der Waals surface area contributed by atoms with Crippen LogP contribution in [0.5, 0.6) is 5.75 Å². The molecule has 4 heteroatoms. The zero-order chi connectivity index (χ0) is 20.8. The fourth-order valence-electron chi connectivity index (χ4n) is 4.95. The number of nitrogens with one attached hydrogen (secondary N) is 1. The summed E-state index contributed by atoms with van der Waals surface area (Å²) in [5.74, 6) is 2.11. The second kappa shape index (κ2) is 10.1. The van der Waals surface area contributed by atoms with E-state index < -0.39 is 0 Å². The SMILES string of the molecule is COc1ccc(C(CCNCC2(CN(C)C)CCOC(C)(C)C2)C(C)C)cc1. The third kappa shape index (κ3) is 6.75. The lowest BCUT2D eigenvalue weighted by atomic mass is 9.73. The van der Waals surface area contributed by atoms with Gasteiger partial charge in [-0.2, -0.15) is 0 Å². The van der Waals surface area contributed by atoms with Crippen molar-refractivity contribution in [2.75, 3.05) is 47.4 Å². The van der Waals surface area contributed by atoms with Gasteiger partial charge in [0, 0.05) is 25.1 Å². The van der Waals surface area contributed by atoms with Crippen LogP contribution in [0, 0.1) is 11.3 Å². The lowest BCUT2D eigenvalue weighted by molar-refractivity contribution is -0.109. The first kappa shape index (κ1) is 23.2. The number of rotatable bonds is 10. The highest BCUT2D eigenvalue weighted by Crippen LogP contribution is 2.39. The van der Waals surface area contributed by atoms with E-state index in [9.17, 15) is 0 Å². The van der Waals surface area contributed by atoms with Gasteiger partial charge >= 0.3 is 0 Å². The molecule has 0 saturated carbocycles. The molecule has 2 unspecified atom stereocenters. The van der Waals surface area contributed by atoms with E-state index in [1.165, 1.54) is 5.56 Å². The standard InChI is InChI=1S/C24H42N2O2/c1-19(2)22(20-8-10-21(27-7)11-9-20)12-14-25-17-24(18-26(5)6)13-15-28-23(3,4)16-24/h8-11,19,22,25H,12-18H2,1-7H3. The van der Waals surface area contributed by atoms with Crippen LogP contribution >= 0.6 is 0 Å². The molecule has 0 amide bonds. The van der Waals surface area contributed by atoms with Gasteiger partial charge in [0.05, 0.1) is 12.7 Å². The Morgan fingerprint density at radius 2 is 1.86 bits per heavy atom. The molecule has 0 spiro atoms. The Balaban J connectivity index is 1.94. The molecule has 28 heavy (non-hydrogen) atoms. The zero-order valence-corrected chi connectivity index (χ0v) is 19.2. The van der Waals surface area contributed by atoms with Gasteiger partial charge in [0.25, 0.3) is 0 Å². The Morgan fingerprint density at radius 1 is 1.18 bits per heavy atom. The topological polar surface area (TPSA) is 33.7 Å². The van der Waals surface area contributed by atoms with Gasteiger partial charge in [0.15, 0.2) is 0 Å². The fourth-order valence-corrected chi connectivity index (χ4v) is 4.95. The molecule has 1 aliphatic rings. The van der Waals surface area contributed by atoms with E-state index >= 15 is 0 Å². The predicted octanol–water partition coefficient (Wildman–Crippen LogP) is 4.55. The molecule has 0 aromatic heterocycles. The van der Waals surface area contributed by atoms with Crippen LogP contribution < -0.4 is 10.1 Å². The number of methoxy groups -OCH3 is 1. The minimum absolute atomic E-state index is 0.0283. The molecule has 1 fully saturated rings. The van der Waals surface area contributed by atoms with Crippen molar-refractivity contribution in [2.24, 2.45) is 11.3 Å². The van der Waals surface area contributed by atoms with Crippen LogP contribution in [0.25, 0.3) is 0 Å². The van der Waals surface area contributed by atoms with Crippen LogP contribution in [0.2, 0.25) is 0 Å². The molecule has 4 nitrogen and oxygen atoms in total. The first-order valence-electron chi connectivity index (χ1n) is 10.8. The first-order chi connectivity index (χ1) is 13.2. The molecule has 1 aromatic carbocycles. The van der Waals surface area contributed by atoms with Gasteiger partial charge in [-0.05, 0) is 83.3 Å². The quantitative estimate of drug-likeness (QED) is 0.594. The van der Waals surface area contributed by atoms with Gasteiger partial charge in [-0.25, -0.2) is 0 Å². The first-order valence-corrected chi connectivity index (χ1v) is 10.8. The average Bonchev–Trinajstić information content (AvgIpc) is 2.60. The summed E-state index contributed by atoms with van der Waals surface area (Å²) in [6, 6.07) is 8.60. The second-order valence-electron chi connectivity index (χ2n) is 9.86. The van der Waals surface area contributed by atoms with Crippen molar-refractivity contribution < 1.29 is 9.47 Å². The van der Waals surface area contributed by atoms with Crippen molar-refractivity contribution in [3.05, 3.63) is 29.8 Å². The third-order valence-electron chi connectivity index (χ3n) is 6.06. The summed E-state index contributed by atoms with van der Waals surface area (Å²) in [6.45, 7) is 13.2. The summed E-state index contributed by atoms with van der Waals surface area (Å²) in [5, 5.41) is 3.81. The van der Waals surface area contributed by atoms with E-state index in [0.717, 1.165) is 51.3 Å². The highest BCUT2D eigenvalue weighted by molar-refractivity contribution is 5.29. The molecule has 0 bridgehead atoms. The van der Waals surface area contributed by atoms with Crippen LogP contribution in [-0.4, -0.2) is 57.9 Å². The van der Waals surface area contributed by atoms with E-state index in [2.05, 4.69) is 76.3 Å². The maximum absolute atomic E-state index is 6.00. The Hall–Kier alpha value is -1.10. The number of nitrogens with zero attached hydrogens (tertiary/aromatic N) is 1. The van der Waals surface area contributed by atoms with Gasteiger partial charge < -0.3 is 19.7 Å². The molecule has 0 aliphatic carbocycles. The zero-order valence-electron chi connectivity index (χ0n) is 19.2. The van der Waals surface area contributed by atoms with E-state index in [1.807, 2.05) is 0 Å². The molecule has 2 rings (SSSR count). The summed E-state index contributed by atoms with van der Waals surface area (Å²) in [6.07, 6.45) is 3.40. The lowest BCUT2D eigenvalue weighted by Crippen LogP contribution is -2.51. The van der Waals surface area contributed by atoms with Crippen LogP contribution in [-0.2, 0) is 4.74 Å². The van der Waals surface area contributed by atoms with Crippen molar-refractivity contribution >= 4 is 0 Å². The van der Waals surface area contributed by atoms with Crippen molar-refractivity contribution in [3.63, 3.8) is 0 Å². The van der Waals surface area contributed by atoms with Crippen LogP contribution in [0.3, 0.4) is 0 Å². The van der Waals surface area contributed by atoms with Crippen molar-refractivity contribution in [1.82, 2.24) is 10.2 Å². The van der Waals surface area contributed by atoms with Gasteiger partial charge in [-0.3, -0.25) is 0 Å². The summed E-state index contributed by atoms with van der Waals surface area (Å²) < 4.78 is 11.3. The maximum Gasteiger partial charge on any atom is 0.118 e.